The largest absolute Gasteiger partial charge is 0.353 e. The third-order valence-corrected chi connectivity index (χ3v) is 6.23. The van der Waals surface area contributed by atoms with E-state index < -0.39 is 0 Å². The fourth-order valence-corrected chi connectivity index (χ4v) is 4.24. The smallest absolute Gasteiger partial charge is 0.261 e. The van der Waals surface area contributed by atoms with E-state index in [1.807, 2.05) is 54.6 Å². The number of hydrogen-bond donors (Lipinski definition) is 1. The predicted molar refractivity (Wildman–Crippen MR) is 130 cm³/mol. The van der Waals surface area contributed by atoms with Crippen molar-refractivity contribution in [3.63, 3.8) is 0 Å². The van der Waals surface area contributed by atoms with Crippen LogP contribution in [-0.2, 0) is 17.8 Å². The van der Waals surface area contributed by atoms with E-state index >= 15 is 0 Å². The highest BCUT2D eigenvalue weighted by Gasteiger charge is 2.23. The Bertz CT molecular complexity index is 1400. The number of nitrogens with zero attached hydrogens (tertiary/aromatic N) is 2. The molecular formula is C28H27N3O2. The Hall–Kier alpha value is -3.73. The molecule has 1 saturated carbocycles. The molecule has 3 aromatic rings. The highest BCUT2D eigenvalue weighted by atomic mass is 16.1. The van der Waals surface area contributed by atoms with Gasteiger partial charge in [-0.05, 0) is 54.2 Å². The minimum Gasteiger partial charge on any atom is -0.353 e. The number of nitrogens with one attached hydrogen (secondary N) is 1. The Balaban J connectivity index is 1.45. The van der Waals surface area contributed by atoms with Crippen LogP contribution in [0.4, 0.5) is 0 Å². The van der Waals surface area contributed by atoms with Gasteiger partial charge in [0.05, 0.1) is 29.9 Å². The van der Waals surface area contributed by atoms with E-state index in [1.54, 1.807) is 10.9 Å². The summed E-state index contributed by atoms with van der Waals surface area (Å²) >= 11 is 0. The van der Waals surface area contributed by atoms with E-state index in [4.69, 9.17) is 0 Å². The van der Waals surface area contributed by atoms with Crippen LogP contribution in [0.15, 0.2) is 71.8 Å². The summed E-state index contributed by atoms with van der Waals surface area (Å²) in [5.41, 5.74) is 4.28. The average Bonchev–Trinajstić information content (AvgIpc) is 3.64. The first kappa shape index (κ1) is 21.1. The summed E-state index contributed by atoms with van der Waals surface area (Å²) in [5, 5.41) is 4.35. The van der Waals surface area contributed by atoms with Crippen LogP contribution in [0.3, 0.4) is 0 Å². The molecular weight excluding hydrogens is 410 g/mol. The quantitative estimate of drug-likeness (QED) is 0.644. The molecule has 1 aromatic heterocycles. The Kier molecular flexibility index (Phi) is 5.78. The molecule has 2 aliphatic carbocycles. The van der Waals surface area contributed by atoms with E-state index in [-0.39, 0.29) is 17.4 Å². The number of hydrogen-bond acceptors (Lipinski definition) is 3. The van der Waals surface area contributed by atoms with Crippen molar-refractivity contribution in [1.82, 2.24) is 14.9 Å². The van der Waals surface area contributed by atoms with Gasteiger partial charge in [0.2, 0.25) is 5.91 Å². The van der Waals surface area contributed by atoms with Gasteiger partial charge >= 0.3 is 0 Å². The van der Waals surface area contributed by atoms with Crippen molar-refractivity contribution in [2.45, 2.75) is 44.7 Å². The molecule has 0 radical (unpaired) electrons. The number of aromatic nitrogens is 2. The van der Waals surface area contributed by atoms with E-state index in [2.05, 4.69) is 35.4 Å². The molecule has 1 atom stereocenters. The maximum absolute atomic E-state index is 13.1. The van der Waals surface area contributed by atoms with Crippen LogP contribution in [0.5, 0.6) is 0 Å². The van der Waals surface area contributed by atoms with E-state index in [0.717, 1.165) is 35.1 Å². The lowest BCUT2D eigenvalue weighted by Crippen LogP contribution is -2.46. The summed E-state index contributed by atoms with van der Waals surface area (Å²) in [6, 6.07) is 16.5. The lowest BCUT2D eigenvalue weighted by molar-refractivity contribution is -0.120. The Morgan fingerprint density at radius 3 is 2.73 bits per heavy atom. The molecule has 1 heterocycles. The van der Waals surface area contributed by atoms with Gasteiger partial charge in [0.1, 0.15) is 0 Å². The maximum Gasteiger partial charge on any atom is 0.261 e. The van der Waals surface area contributed by atoms with Gasteiger partial charge in [0.25, 0.3) is 5.56 Å². The molecule has 0 spiro atoms. The molecule has 5 heteroatoms. The highest BCUT2D eigenvalue weighted by Crippen LogP contribution is 2.25. The Morgan fingerprint density at radius 2 is 1.94 bits per heavy atom. The fraction of sp³-hybridized carbons (Fsp3) is 0.250. The maximum atomic E-state index is 13.1. The van der Waals surface area contributed by atoms with Gasteiger partial charge < -0.3 is 5.32 Å². The van der Waals surface area contributed by atoms with Crippen molar-refractivity contribution in [3.8, 4) is 0 Å². The summed E-state index contributed by atoms with van der Waals surface area (Å²) in [7, 11) is 0. The lowest BCUT2D eigenvalue weighted by Gasteiger charge is -2.14. The molecule has 1 N–H and O–H groups in total. The highest BCUT2D eigenvalue weighted by molar-refractivity contribution is 5.79. The third-order valence-electron chi connectivity index (χ3n) is 6.23. The topological polar surface area (TPSA) is 64.0 Å². The summed E-state index contributed by atoms with van der Waals surface area (Å²) < 4.78 is 1.65. The van der Waals surface area contributed by atoms with Crippen LogP contribution >= 0.6 is 0 Å². The zero-order valence-electron chi connectivity index (χ0n) is 18.7. The van der Waals surface area contributed by atoms with Crippen molar-refractivity contribution < 1.29 is 4.79 Å². The molecule has 5 rings (SSSR count). The molecule has 0 bridgehead atoms. The van der Waals surface area contributed by atoms with Gasteiger partial charge in [-0.3, -0.25) is 14.2 Å². The molecule has 33 heavy (non-hydrogen) atoms. The molecule has 2 aliphatic rings. The molecule has 5 nitrogen and oxygen atoms in total. The van der Waals surface area contributed by atoms with Gasteiger partial charge in [0, 0.05) is 12.0 Å². The molecule has 0 aliphatic heterocycles. The first-order chi connectivity index (χ1) is 16.1. The summed E-state index contributed by atoms with van der Waals surface area (Å²) in [6.45, 7) is 2.57. The monoisotopic (exact) mass is 437 g/mol. The molecule has 1 unspecified atom stereocenters. The van der Waals surface area contributed by atoms with Crippen LogP contribution in [-0.4, -0.2) is 21.5 Å². The number of carbonyl (C=O) groups excluding carboxylic acids is 1. The predicted octanol–water partition coefficient (Wildman–Crippen LogP) is 2.34. The third kappa shape index (κ3) is 4.87. The van der Waals surface area contributed by atoms with Crippen LogP contribution in [0.2, 0.25) is 0 Å². The molecule has 1 fully saturated rings. The summed E-state index contributed by atoms with van der Waals surface area (Å²) in [4.78, 5) is 30.0. The number of amides is 1. The van der Waals surface area contributed by atoms with Crippen molar-refractivity contribution in [2.24, 2.45) is 0 Å². The zero-order chi connectivity index (χ0) is 22.8. The van der Waals surface area contributed by atoms with Crippen molar-refractivity contribution in [1.29, 1.82) is 0 Å². The first-order valence-corrected chi connectivity index (χ1v) is 11.5. The number of carbonyl (C=O) groups is 1. The summed E-state index contributed by atoms with van der Waals surface area (Å²) in [5.74, 6) is 0.0535. The molecule has 166 valence electrons. The van der Waals surface area contributed by atoms with Crippen LogP contribution in [0, 0.1) is 6.92 Å². The number of fused-ring (bicyclic) bond motifs is 1. The van der Waals surface area contributed by atoms with Crippen LogP contribution in [0.25, 0.3) is 12.2 Å². The van der Waals surface area contributed by atoms with E-state index in [0.29, 0.717) is 29.6 Å². The van der Waals surface area contributed by atoms with Gasteiger partial charge in [-0.1, -0.05) is 60.7 Å². The minimum absolute atomic E-state index is 0.0224. The molecule has 0 saturated heterocycles. The van der Waals surface area contributed by atoms with Gasteiger partial charge in [-0.15, -0.1) is 0 Å². The molecule has 2 aromatic carbocycles. The fourth-order valence-electron chi connectivity index (χ4n) is 4.24. The Morgan fingerprint density at radius 1 is 1.12 bits per heavy atom. The second-order valence-corrected chi connectivity index (χ2v) is 8.92. The lowest BCUT2D eigenvalue weighted by atomic mass is 9.91. The van der Waals surface area contributed by atoms with Crippen molar-refractivity contribution >= 4 is 18.1 Å². The zero-order valence-corrected chi connectivity index (χ0v) is 18.7. The number of rotatable bonds is 6. The van der Waals surface area contributed by atoms with Crippen LogP contribution < -0.4 is 21.4 Å². The van der Waals surface area contributed by atoms with Crippen molar-refractivity contribution in [3.05, 3.63) is 110 Å². The van der Waals surface area contributed by atoms with E-state index in [1.165, 1.54) is 0 Å². The second-order valence-electron chi connectivity index (χ2n) is 8.92. The number of allylic oxidation sites excluding steroid dienone is 2. The minimum atomic E-state index is -0.0485. The normalized spacial score (nSPS) is 16.8. The van der Waals surface area contributed by atoms with Gasteiger partial charge in [-0.25, -0.2) is 4.98 Å². The van der Waals surface area contributed by atoms with Gasteiger partial charge in [0.15, 0.2) is 0 Å². The van der Waals surface area contributed by atoms with Gasteiger partial charge in [-0.2, -0.15) is 0 Å². The Labute approximate surface area is 192 Å². The van der Waals surface area contributed by atoms with Crippen LogP contribution in [0.1, 0.15) is 41.0 Å². The second kappa shape index (κ2) is 9.02. The summed E-state index contributed by atoms with van der Waals surface area (Å²) in [6.07, 6.45) is 12.1. The number of aryl methyl sites for hydroxylation is 1. The van der Waals surface area contributed by atoms with Crippen molar-refractivity contribution in [2.75, 3.05) is 0 Å². The standard InChI is InChI=1S/C28H27N3O2/c1-19-10-11-21(15-27(32)30-23-12-13-23)14-25(19)22-8-5-9-24-26(16-22)29-18-31(28(24)33)17-20-6-3-2-4-7-20/h2-11,14,16,18,22-23H,12-13,15,17H2,1H3,(H,30,32). The SMILES string of the molecule is Cc1ccc(CC(=O)NC2CC2)cc1C1C=CC=c2c(ncn(Cc3ccccc3)c2=O)=C1. The van der Waals surface area contributed by atoms with E-state index in [9.17, 15) is 9.59 Å². The molecule has 1 amide bonds. The number of benzene rings is 2. The average molecular weight is 438 g/mol. The first-order valence-electron chi connectivity index (χ1n) is 11.5.